The van der Waals surface area contributed by atoms with Gasteiger partial charge in [0.15, 0.2) is 0 Å². The van der Waals surface area contributed by atoms with E-state index in [9.17, 15) is 0 Å². The fraction of sp³-hybridized carbons (Fsp3) is 0.467. The Bertz CT molecular complexity index is 538. The van der Waals surface area contributed by atoms with Crippen molar-refractivity contribution < 1.29 is 4.74 Å². The van der Waals surface area contributed by atoms with Gasteiger partial charge in [0.2, 0.25) is 0 Å². The molecule has 0 aliphatic rings. The van der Waals surface area contributed by atoms with Crippen LogP contribution in [0.4, 0.5) is 0 Å². The van der Waals surface area contributed by atoms with Gasteiger partial charge in [0, 0.05) is 13.0 Å². The maximum atomic E-state index is 6.18. The molecule has 2 rings (SSSR count). The van der Waals surface area contributed by atoms with Crippen LogP contribution in [0.3, 0.4) is 0 Å². The van der Waals surface area contributed by atoms with Gasteiger partial charge in [-0.25, -0.2) is 4.68 Å². The van der Waals surface area contributed by atoms with E-state index in [2.05, 4.69) is 17.2 Å². The molecule has 20 heavy (non-hydrogen) atoms. The molecule has 108 valence electrons. The maximum Gasteiger partial charge on any atom is 0.119 e. The van der Waals surface area contributed by atoms with Crippen LogP contribution in [0, 0.1) is 6.92 Å². The third-order valence-corrected chi connectivity index (χ3v) is 3.15. The summed E-state index contributed by atoms with van der Waals surface area (Å²) in [6, 6.07) is 7.93. The van der Waals surface area contributed by atoms with Crippen molar-refractivity contribution in [3.05, 3.63) is 41.7 Å². The summed E-state index contributed by atoms with van der Waals surface area (Å²) in [6.07, 6.45) is 3.50. The molecule has 0 fully saturated rings. The van der Waals surface area contributed by atoms with E-state index >= 15 is 0 Å². The van der Waals surface area contributed by atoms with Gasteiger partial charge in [0.05, 0.1) is 24.5 Å². The fourth-order valence-corrected chi connectivity index (χ4v) is 2.10. The smallest absolute Gasteiger partial charge is 0.119 e. The van der Waals surface area contributed by atoms with Gasteiger partial charge >= 0.3 is 0 Å². The Morgan fingerprint density at radius 3 is 3.00 bits per heavy atom. The van der Waals surface area contributed by atoms with Gasteiger partial charge in [-0.05, 0) is 31.0 Å². The van der Waals surface area contributed by atoms with E-state index in [-0.39, 0.29) is 6.04 Å². The van der Waals surface area contributed by atoms with E-state index in [0.29, 0.717) is 6.61 Å². The molecule has 0 amide bonds. The summed E-state index contributed by atoms with van der Waals surface area (Å²) in [7, 11) is 0. The molecule has 0 saturated carbocycles. The van der Waals surface area contributed by atoms with E-state index in [4.69, 9.17) is 10.5 Å². The lowest BCUT2D eigenvalue weighted by Crippen LogP contribution is -2.19. The number of aromatic nitrogens is 3. The van der Waals surface area contributed by atoms with Gasteiger partial charge in [-0.15, -0.1) is 5.10 Å². The van der Waals surface area contributed by atoms with E-state index in [1.807, 2.05) is 35.9 Å². The predicted molar refractivity (Wildman–Crippen MR) is 78.5 cm³/mol. The van der Waals surface area contributed by atoms with Crippen LogP contribution in [0.2, 0.25) is 0 Å². The summed E-state index contributed by atoms with van der Waals surface area (Å²) in [5.74, 6) is 0.886. The summed E-state index contributed by atoms with van der Waals surface area (Å²) in [5, 5.41) is 7.98. The minimum absolute atomic E-state index is 0.0960. The lowest BCUT2D eigenvalue weighted by atomic mass is 10.1. The number of ether oxygens (including phenoxy) is 1. The summed E-state index contributed by atoms with van der Waals surface area (Å²) >= 11 is 0. The standard InChI is InChI=1S/C15H22N4O/c1-3-8-19-15(11-17-18-19)14(16)7-9-20-13-6-4-5-12(2)10-13/h4-6,10-11,14H,3,7-9,16H2,1-2H3. The van der Waals surface area contributed by atoms with Crippen molar-refractivity contribution in [1.82, 2.24) is 15.0 Å². The first kappa shape index (κ1) is 14.5. The fourth-order valence-electron chi connectivity index (χ4n) is 2.10. The molecule has 5 nitrogen and oxygen atoms in total. The number of aryl methyl sites for hydroxylation is 2. The van der Waals surface area contributed by atoms with E-state index in [0.717, 1.165) is 30.8 Å². The second-order valence-corrected chi connectivity index (χ2v) is 4.94. The molecule has 0 aliphatic heterocycles. The van der Waals surface area contributed by atoms with Gasteiger partial charge in [-0.3, -0.25) is 0 Å². The number of hydrogen-bond acceptors (Lipinski definition) is 4. The summed E-state index contributed by atoms with van der Waals surface area (Å²) in [5.41, 5.74) is 8.35. The zero-order chi connectivity index (χ0) is 14.4. The number of benzene rings is 1. The highest BCUT2D eigenvalue weighted by Crippen LogP contribution is 2.16. The molecule has 1 unspecified atom stereocenters. The molecule has 0 spiro atoms. The second-order valence-electron chi connectivity index (χ2n) is 4.94. The maximum absolute atomic E-state index is 6.18. The highest BCUT2D eigenvalue weighted by atomic mass is 16.5. The molecule has 1 aromatic carbocycles. The lowest BCUT2D eigenvalue weighted by Gasteiger charge is -2.13. The molecule has 1 heterocycles. The molecule has 2 N–H and O–H groups in total. The molecule has 2 aromatic rings. The zero-order valence-electron chi connectivity index (χ0n) is 12.1. The average Bonchev–Trinajstić information content (AvgIpc) is 2.87. The number of rotatable bonds is 7. The van der Waals surface area contributed by atoms with Gasteiger partial charge in [0.1, 0.15) is 5.75 Å². The molecule has 0 bridgehead atoms. The molecular formula is C15H22N4O. The van der Waals surface area contributed by atoms with Crippen LogP contribution >= 0.6 is 0 Å². The van der Waals surface area contributed by atoms with Crippen LogP contribution in [-0.4, -0.2) is 21.6 Å². The van der Waals surface area contributed by atoms with Crippen molar-refractivity contribution in [2.45, 2.75) is 39.3 Å². The molecular weight excluding hydrogens is 252 g/mol. The molecule has 0 saturated heterocycles. The Labute approximate surface area is 119 Å². The van der Waals surface area contributed by atoms with Crippen molar-refractivity contribution in [3.8, 4) is 5.75 Å². The Balaban J connectivity index is 1.85. The van der Waals surface area contributed by atoms with E-state index in [1.54, 1.807) is 6.20 Å². The van der Waals surface area contributed by atoms with Gasteiger partial charge in [-0.2, -0.15) is 0 Å². The van der Waals surface area contributed by atoms with E-state index < -0.39 is 0 Å². The molecule has 1 atom stereocenters. The van der Waals surface area contributed by atoms with Crippen molar-refractivity contribution >= 4 is 0 Å². The Morgan fingerprint density at radius 2 is 2.25 bits per heavy atom. The SMILES string of the molecule is CCCn1nncc1C(N)CCOc1cccc(C)c1. The van der Waals surface area contributed by atoms with Crippen LogP contribution in [-0.2, 0) is 6.54 Å². The second kappa shape index (κ2) is 7.05. The average molecular weight is 274 g/mol. The Kier molecular flexibility index (Phi) is 5.12. The van der Waals surface area contributed by atoms with Crippen LogP contribution in [0.15, 0.2) is 30.5 Å². The zero-order valence-corrected chi connectivity index (χ0v) is 12.1. The summed E-state index contributed by atoms with van der Waals surface area (Å²) < 4.78 is 7.60. The summed E-state index contributed by atoms with van der Waals surface area (Å²) in [6.45, 7) is 5.59. The minimum Gasteiger partial charge on any atom is -0.494 e. The summed E-state index contributed by atoms with van der Waals surface area (Å²) in [4.78, 5) is 0. The monoisotopic (exact) mass is 274 g/mol. The van der Waals surface area contributed by atoms with Gasteiger partial charge in [0.25, 0.3) is 0 Å². The number of nitrogens with zero attached hydrogens (tertiary/aromatic N) is 3. The third kappa shape index (κ3) is 3.81. The number of hydrogen-bond donors (Lipinski definition) is 1. The molecule has 5 heteroatoms. The topological polar surface area (TPSA) is 66.0 Å². The highest BCUT2D eigenvalue weighted by Gasteiger charge is 2.12. The number of nitrogens with two attached hydrogens (primary N) is 1. The van der Waals surface area contributed by atoms with Crippen LogP contribution < -0.4 is 10.5 Å². The van der Waals surface area contributed by atoms with Crippen LogP contribution in [0.25, 0.3) is 0 Å². The molecule has 0 aliphatic carbocycles. The lowest BCUT2D eigenvalue weighted by molar-refractivity contribution is 0.295. The first-order chi connectivity index (χ1) is 9.70. The van der Waals surface area contributed by atoms with Crippen LogP contribution in [0.1, 0.15) is 37.1 Å². The Hall–Kier alpha value is -1.88. The first-order valence-corrected chi connectivity index (χ1v) is 7.04. The highest BCUT2D eigenvalue weighted by molar-refractivity contribution is 5.27. The first-order valence-electron chi connectivity index (χ1n) is 7.04. The Morgan fingerprint density at radius 1 is 1.40 bits per heavy atom. The minimum atomic E-state index is -0.0960. The van der Waals surface area contributed by atoms with Crippen molar-refractivity contribution in [2.24, 2.45) is 5.73 Å². The molecule has 0 radical (unpaired) electrons. The third-order valence-electron chi connectivity index (χ3n) is 3.15. The normalized spacial score (nSPS) is 12.3. The van der Waals surface area contributed by atoms with Crippen molar-refractivity contribution in [2.75, 3.05) is 6.61 Å². The van der Waals surface area contributed by atoms with Crippen molar-refractivity contribution in [3.63, 3.8) is 0 Å². The van der Waals surface area contributed by atoms with Gasteiger partial charge < -0.3 is 10.5 Å². The largest absolute Gasteiger partial charge is 0.494 e. The van der Waals surface area contributed by atoms with E-state index in [1.165, 1.54) is 5.56 Å². The van der Waals surface area contributed by atoms with Crippen molar-refractivity contribution in [1.29, 1.82) is 0 Å². The van der Waals surface area contributed by atoms with Gasteiger partial charge in [-0.1, -0.05) is 24.3 Å². The molecule has 1 aromatic heterocycles. The predicted octanol–water partition coefficient (Wildman–Crippen LogP) is 2.47. The quantitative estimate of drug-likeness (QED) is 0.842. The van der Waals surface area contributed by atoms with Crippen LogP contribution in [0.5, 0.6) is 5.75 Å².